The number of hydrogen-bond donors (Lipinski definition) is 3. The molecular formula is C14H26N2O3. The van der Waals surface area contributed by atoms with Gasteiger partial charge in [-0.05, 0) is 23.7 Å². The minimum Gasteiger partial charge on any atom is -0.481 e. The summed E-state index contributed by atoms with van der Waals surface area (Å²) in [4.78, 5) is 22.8. The predicted octanol–water partition coefficient (Wildman–Crippen LogP) is 2.22. The summed E-state index contributed by atoms with van der Waals surface area (Å²) in [7, 11) is 0. The van der Waals surface area contributed by atoms with Gasteiger partial charge in [0, 0.05) is 12.6 Å². The van der Waals surface area contributed by atoms with Crippen molar-refractivity contribution in [1.29, 1.82) is 0 Å². The molecule has 0 aromatic carbocycles. The molecule has 0 aromatic heterocycles. The lowest BCUT2D eigenvalue weighted by molar-refractivity contribution is -0.142. The smallest absolute Gasteiger partial charge is 0.315 e. The number of carboxylic acid groups (broad SMARTS) is 1. The zero-order chi connectivity index (χ0) is 14.8. The van der Waals surface area contributed by atoms with Gasteiger partial charge in [-0.3, -0.25) is 4.79 Å². The van der Waals surface area contributed by atoms with Gasteiger partial charge in [-0.2, -0.15) is 0 Å². The van der Waals surface area contributed by atoms with Gasteiger partial charge in [0.2, 0.25) is 0 Å². The van der Waals surface area contributed by atoms with Crippen LogP contribution in [0, 0.1) is 16.7 Å². The van der Waals surface area contributed by atoms with E-state index in [2.05, 4.69) is 24.5 Å². The van der Waals surface area contributed by atoms with E-state index < -0.39 is 11.9 Å². The lowest BCUT2D eigenvalue weighted by Gasteiger charge is -2.23. The average Bonchev–Trinajstić information content (AvgIpc) is 2.78. The lowest BCUT2D eigenvalue weighted by Crippen LogP contribution is -2.42. The van der Waals surface area contributed by atoms with E-state index in [1.165, 1.54) is 0 Å². The normalized spacial score (nSPS) is 22.5. The fourth-order valence-electron chi connectivity index (χ4n) is 2.12. The summed E-state index contributed by atoms with van der Waals surface area (Å²) >= 11 is 0. The molecule has 1 fully saturated rings. The van der Waals surface area contributed by atoms with E-state index in [-0.39, 0.29) is 29.4 Å². The van der Waals surface area contributed by atoms with E-state index in [0.717, 1.165) is 6.42 Å². The standard InChI is InChI=1S/C14H26N2O3/c1-13(2,3)6-9(11(17)18)8-15-12(19)16-10-7-14(10,4)5/h9-10H,6-8H2,1-5H3,(H,17,18)(H2,15,16,19). The lowest BCUT2D eigenvalue weighted by atomic mass is 9.84. The Hall–Kier alpha value is -1.26. The molecule has 2 unspecified atom stereocenters. The number of urea groups is 1. The third-order valence-electron chi connectivity index (χ3n) is 3.54. The van der Waals surface area contributed by atoms with Crippen LogP contribution in [0.1, 0.15) is 47.5 Å². The molecule has 2 atom stereocenters. The van der Waals surface area contributed by atoms with Crippen LogP contribution < -0.4 is 10.6 Å². The van der Waals surface area contributed by atoms with E-state index in [0.29, 0.717) is 6.42 Å². The van der Waals surface area contributed by atoms with Gasteiger partial charge in [-0.1, -0.05) is 34.6 Å². The topological polar surface area (TPSA) is 78.4 Å². The first-order valence-corrected chi connectivity index (χ1v) is 6.78. The summed E-state index contributed by atoms with van der Waals surface area (Å²) in [6, 6.07) is -0.0610. The van der Waals surface area contributed by atoms with Gasteiger partial charge < -0.3 is 15.7 Å². The molecule has 0 saturated heterocycles. The second-order valence-electron chi connectivity index (χ2n) is 7.40. The van der Waals surface area contributed by atoms with E-state index in [1.54, 1.807) is 0 Å². The number of aliphatic carboxylic acids is 1. The monoisotopic (exact) mass is 270 g/mol. The molecule has 5 heteroatoms. The molecule has 19 heavy (non-hydrogen) atoms. The van der Waals surface area contributed by atoms with E-state index in [1.807, 2.05) is 20.8 Å². The molecule has 1 rings (SSSR count). The first-order chi connectivity index (χ1) is 8.51. The van der Waals surface area contributed by atoms with Crippen molar-refractivity contribution in [1.82, 2.24) is 10.6 Å². The predicted molar refractivity (Wildman–Crippen MR) is 73.9 cm³/mol. The largest absolute Gasteiger partial charge is 0.481 e. The van der Waals surface area contributed by atoms with E-state index in [9.17, 15) is 9.59 Å². The molecule has 3 N–H and O–H groups in total. The summed E-state index contributed by atoms with van der Waals surface area (Å²) in [5, 5.41) is 14.7. The summed E-state index contributed by atoms with van der Waals surface area (Å²) in [6.07, 6.45) is 1.52. The zero-order valence-electron chi connectivity index (χ0n) is 12.5. The molecule has 2 amide bonds. The van der Waals surface area contributed by atoms with Gasteiger partial charge >= 0.3 is 12.0 Å². The molecule has 5 nitrogen and oxygen atoms in total. The van der Waals surface area contributed by atoms with Crippen molar-refractivity contribution >= 4 is 12.0 Å². The second-order valence-corrected chi connectivity index (χ2v) is 7.40. The summed E-state index contributed by atoms with van der Waals surface area (Å²) in [6.45, 7) is 10.3. The molecule has 0 aliphatic heterocycles. The van der Waals surface area contributed by atoms with Crippen LogP contribution in [0.5, 0.6) is 0 Å². The Labute approximate surface area is 115 Å². The number of nitrogens with one attached hydrogen (secondary N) is 2. The number of amides is 2. The maximum atomic E-state index is 11.7. The van der Waals surface area contributed by atoms with Crippen LogP contribution in [0.15, 0.2) is 0 Å². The molecule has 0 heterocycles. The Balaban J connectivity index is 2.35. The highest BCUT2D eigenvalue weighted by Crippen LogP contribution is 2.44. The Kier molecular flexibility index (Phi) is 4.48. The molecule has 0 spiro atoms. The molecule has 1 aliphatic carbocycles. The zero-order valence-corrected chi connectivity index (χ0v) is 12.5. The van der Waals surface area contributed by atoms with Crippen LogP contribution in [0.25, 0.3) is 0 Å². The summed E-state index contributed by atoms with van der Waals surface area (Å²) in [5.74, 6) is -1.40. The summed E-state index contributed by atoms with van der Waals surface area (Å²) in [5.41, 5.74) is 0.106. The molecule has 1 aliphatic rings. The van der Waals surface area contributed by atoms with Gasteiger partial charge in [0.15, 0.2) is 0 Å². The molecule has 1 saturated carbocycles. The molecule has 0 radical (unpaired) electrons. The number of carbonyl (C=O) groups excluding carboxylic acids is 1. The number of carbonyl (C=O) groups is 2. The van der Waals surface area contributed by atoms with Crippen LogP contribution >= 0.6 is 0 Å². The van der Waals surface area contributed by atoms with Crippen molar-refractivity contribution in [3.63, 3.8) is 0 Å². The van der Waals surface area contributed by atoms with Crippen LogP contribution in [0.4, 0.5) is 4.79 Å². The van der Waals surface area contributed by atoms with Crippen LogP contribution in [-0.2, 0) is 4.79 Å². The fourth-order valence-corrected chi connectivity index (χ4v) is 2.12. The Morgan fingerprint density at radius 2 is 1.89 bits per heavy atom. The highest BCUT2D eigenvalue weighted by Gasteiger charge is 2.46. The molecule has 0 aromatic rings. The Bertz CT molecular complexity index is 358. The highest BCUT2D eigenvalue weighted by molar-refractivity contribution is 5.76. The van der Waals surface area contributed by atoms with Gasteiger partial charge in [0.1, 0.15) is 0 Å². The van der Waals surface area contributed by atoms with Crippen LogP contribution in [0.3, 0.4) is 0 Å². The van der Waals surface area contributed by atoms with Crippen molar-refractivity contribution in [2.75, 3.05) is 6.54 Å². The number of carboxylic acids is 1. The SMILES string of the molecule is CC(C)(C)CC(CNC(=O)NC1CC1(C)C)C(=O)O. The molecule has 110 valence electrons. The third kappa shape index (κ3) is 5.49. The number of hydrogen-bond acceptors (Lipinski definition) is 2. The van der Waals surface area contributed by atoms with Crippen molar-refractivity contribution in [3.8, 4) is 0 Å². The second kappa shape index (κ2) is 5.39. The number of rotatable bonds is 5. The van der Waals surface area contributed by atoms with Crippen LogP contribution in [0.2, 0.25) is 0 Å². The van der Waals surface area contributed by atoms with E-state index in [4.69, 9.17) is 5.11 Å². The van der Waals surface area contributed by atoms with Crippen molar-refractivity contribution in [2.24, 2.45) is 16.7 Å². The Morgan fingerprint density at radius 3 is 2.26 bits per heavy atom. The fraction of sp³-hybridized carbons (Fsp3) is 0.857. The quantitative estimate of drug-likeness (QED) is 0.716. The maximum Gasteiger partial charge on any atom is 0.315 e. The summed E-state index contributed by atoms with van der Waals surface area (Å²) < 4.78 is 0. The third-order valence-corrected chi connectivity index (χ3v) is 3.54. The minimum absolute atomic E-state index is 0.0697. The molecular weight excluding hydrogens is 244 g/mol. The van der Waals surface area contributed by atoms with Crippen molar-refractivity contribution in [3.05, 3.63) is 0 Å². The first-order valence-electron chi connectivity index (χ1n) is 6.78. The van der Waals surface area contributed by atoms with Gasteiger partial charge in [0.25, 0.3) is 0 Å². The van der Waals surface area contributed by atoms with Gasteiger partial charge in [0.05, 0.1) is 5.92 Å². The molecule has 0 bridgehead atoms. The van der Waals surface area contributed by atoms with Gasteiger partial charge in [-0.15, -0.1) is 0 Å². The Morgan fingerprint density at radius 1 is 1.37 bits per heavy atom. The maximum absolute atomic E-state index is 11.7. The first kappa shape index (κ1) is 15.8. The van der Waals surface area contributed by atoms with Crippen molar-refractivity contribution < 1.29 is 14.7 Å². The van der Waals surface area contributed by atoms with E-state index >= 15 is 0 Å². The minimum atomic E-state index is -0.859. The highest BCUT2D eigenvalue weighted by atomic mass is 16.4. The van der Waals surface area contributed by atoms with Crippen LogP contribution in [-0.4, -0.2) is 29.7 Å². The van der Waals surface area contributed by atoms with Crippen molar-refractivity contribution in [2.45, 2.75) is 53.5 Å². The average molecular weight is 270 g/mol. The van der Waals surface area contributed by atoms with Gasteiger partial charge in [-0.25, -0.2) is 4.79 Å².